The van der Waals surface area contributed by atoms with Crippen LogP contribution in [0, 0.1) is 13.8 Å². The second-order valence-corrected chi connectivity index (χ2v) is 16.8. The summed E-state index contributed by atoms with van der Waals surface area (Å²) in [6.07, 6.45) is 5.12. The Morgan fingerprint density at radius 2 is 0.706 bits per heavy atom. The fraction of sp³-hybridized carbons (Fsp3) is 0.250. The average Bonchev–Trinajstić information content (AvgIpc) is 2.87. The molecule has 0 aliphatic carbocycles. The van der Waals surface area contributed by atoms with Gasteiger partial charge < -0.3 is 0 Å². The second-order valence-electron chi connectivity index (χ2n) is 8.98. The Kier molecular flexibility index (Phi) is 9.66. The van der Waals surface area contributed by atoms with Crippen LogP contribution in [0.3, 0.4) is 0 Å². The molecule has 4 rings (SSSR count). The summed E-state index contributed by atoms with van der Waals surface area (Å²) in [6, 6.07) is 36.0. The van der Waals surface area contributed by atoms with Gasteiger partial charge in [-0.2, -0.15) is 0 Å². The standard InChI is InChI=1S/C32H34Se2/c1-25-7-15-29(16-8-25)31-19-11-27(12-20-31)5-3-23-33-34-24-4-6-28-13-21-32(22-14-28)30-17-9-26(2)10-18-30/h7-22H,3-6,23-24H2,1-2H3. The first kappa shape index (κ1) is 25.0. The molecule has 0 spiro atoms. The summed E-state index contributed by atoms with van der Waals surface area (Å²) in [6.45, 7) is 4.28. The number of rotatable bonds is 11. The van der Waals surface area contributed by atoms with E-state index in [2.05, 4.69) is 111 Å². The van der Waals surface area contributed by atoms with Crippen LogP contribution in [0.5, 0.6) is 0 Å². The van der Waals surface area contributed by atoms with Gasteiger partial charge in [0, 0.05) is 0 Å². The van der Waals surface area contributed by atoms with Crippen molar-refractivity contribution in [3.63, 3.8) is 0 Å². The Morgan fingerprint density at radius 3 is 1.03 bits per heavy atom. The Bertz CT molecular complexity index is 1030. The van der Waals surface area contributed by atoms with E-state index < -0.39 is 0 Å². The van der Waals surface area contributed by atoms with Gasteiger partial charge in [-0.05, 0) is 0 Å². The van der Waals surface area contributed by atoms with Crippen LogP contribution in [0.1, 0.15) is 35.1 Å². The van der Waals surface area contributed by atoms with Gasteiger partial charge >= 0.3 is 218 Å². The number of hydrogen-bond donors (Lipinski definition) is 0. The molecule has 174 valence electrons. The molecule has 0 radical (unpaired) electrons. The Balaban J connectivity index is 1.08. The minimum atomic E-state index is 0.851. The van der Waals surface area contributed by atoms with Crippen LogP contribution in [-0.2, 0) is 12.8 Å². The van der Waals surface area contributed by atoms with E-state index in [1.165, 1.54) is 80.8 Å². The van der Waals surface area contributed by atoms with Gasteiger partial charge in [-0.15, -0.1) is 0 Å². The minimum absolute atomic E-state index is 0.851. The van der Waals surface area contributed by atoms with Crippen LogP contribution >= 0.6 is 0 Å². The third-order valence-corrected chi connectivity index (χ3v) is 13.9. The van der Waals surface area contributed by atoms with Crippen LogP contribution in [0.15, 0.2) is 97.1 Å². The van der Waals surface area contributed by atoms with Gasteiger partial charge in [0.1, 0.15) is 0 Å². The van der Waals surface area contributed by atoms with Crippen LogP contribution in [0.4, 0.5) is 0 Å². The molecule has 0 nitrogen and oxygen atoms in total. The van der Waals surface area contributed by atoms with Crippen molar-refractivity contribution in [2.24, 2.45) is 0 Å². The molecule has 0 heterocycles. The average molecular weight is 577 g/mol. The molecule has 4 aromatic rings. The van der Waals surface area contributed by atoms with Crippen molar-refractivity contribution in [1.82, 2.24) is 0 Å². The van der Waals surface area contributed by atoms with Crippen LogP contribution < -0.4 is 0 Å². The van der Waals surface area contributed by atoms with Gasteiger partial charge in [0.15, 0.2) is 0 Å². The van der Waals surface area contributed by atoms with Crippen molar-refractivity contribution in [2.75, 3.05) is 0 Å². The maximum atomic E-state index is 2.32. The summed E-state index contributed by atoms with van der Waals surface area (Å²) < 4.78 is 0. The third kappa shape index (κ3) is 7.72. The molecule has 0 N–H and O–H groups in total. The quantitative estimate of drug-likeness (QED) is 0.124. The van der Waals surface area contributed by atoms with E-state index in [-0.39, 0.29) is 0 Å². The molecule has 0 aliphatic rings. The molecule has 34 heavy (non-hydrogen) atoms. The van der Waals surface area contributed by atoms with Crippen LogP contribution in [-0.4, -0.2) is 26.3 Å². The van der Waals surface area contributed by atoms with E-state index in [1.807, 2.05) is 0 Å². The van der Waals surface area contributed by atoms with Crippen molar-refractivity contribution in [1.29, 1.82) is 0 Å². The summed E-state index contributed by atoms with van der Waals surface area (Å²) in [4.78, 5) is 0. The molecule has 0 aromatic heterocycles. The van der Waals surface area contributed by atoms with E-state index in [1.54, 1.807) is 0 Å². The van der Waals surface area contributed by atoms with Gasteiger partial charge in [0.2, 0.25) is 0 Å². The van der Waals surface area contributed by atoms with E-state index in [4.69, 9.17) is 0 Å². The monoisotopic (exact) mass is 578 g/mol. The summed E-state index contributed by atoms with van der Waals surface area (Å²) >= 11 is 1.70. The Labute approximate surface area is 217 Å². The number of aryl methyl sites for hydroxylation is 4. The Hall–Kier alpha value is -2.08. The molecule has 0 saturated heterocycles. The topological polar surface area (TPSA) is 0 Å². The first-order valence-corrected chi connectivity index (χ1v) is 19.0. The van der Waals surface area contributed by atoms with Gasteiger partial charge in [-0.3, -0.25) is 0 Å². The molecule has 2 heteroatoms. The number of hydrogen-bond acceptors (Lipinski definition) is 0. The van der Waals surface area contributed by atoms with Gasteiger partial charge in [0.25, 0.3) is 0 Å². The molecule has 0 aliphatic heterocycles. The predicted molar refractivity (Wildman–Crippen MR) is 151 cm³/mol. The van der Waals surface area contributed by atoms with Gasteiger partial charge in [0.05, 0.1) is 0 Å². The molecule has 0 unspecified atom stereocenters. The summed E-state index contributed by atoms with van der Waals surface area (Å²) in [7, 11) is 0. The Morgan fingerprint density at radius 1 is 0.412 bits per heavy atom. The van der Waals surface area contributed by atoms with E-state index >= 15 is 0 Å². The third-order valence-electron chi connectivity index (χ3n) is 6.15. The zero-order valence-corrected chi connectivity index (χ0v) is 23.7. The van der Waals surface area contributed by atoms with Crippen molar-refractivity contribution in [3.8, 4) is 22.3 Å². The van der Waals surface area contributed by atoms with Crippen molar-refractivity contribution in [3.05, 3.63) is 119 Å². The predicted octanol–water partition coefficient (Wildman–Crippen LogP) is 8.36. The first-order chi connectivity index (χ1) is 16.7. The van der Waals surface area contributed by atoms with E-state index in [0.29, 0.717) is 0 Å². The SMILES string of the molecule is Cc1ccc(-c2ccc(CCC[Se][Se]CCCc3ccc(-c4ccc(C)cc4)cc3)cc2)cc1. The fourth-order valence-corrected chi connectivity index (χ4v) is 10.7. The molecule has 0 amide bonds. The fourth-order valence-electron chi connectivity index (χ4n) is 4.01. The maximum absolute atomic E-state index is 2.32. The van der Waals surface area contributed by atoms with E-state index in [9.17, 15) is 0 Å². The summed E-state index contributed by atoms with van der Waals surface area (Å²) in [5, 5.41) is 2.86. The zero-order valence-electron chi connectivity index (χ0n) is 20.3. The van der Waals surface area contributed by atoms with Crippen LogP contribution in [0.25, 0.3) is 22.3 Å². The van der Waals surface area contributed by atoms with Crippen molar-refractivity contribution >= 4 is 26.3 Å². The first-order valence-electron chi connectivity index (χ1n) is 12.2. The van der Waals surface area contributed by atoms with Crippen LogP contribution in [0.2, 0.25) is 10.6 Å². The molecular formula is C32H34Se2. The summed E-state index contributed by atoms with van der Waals surface area (Å²) in [5.74, 6) is 0. The van der Waals surface area contributed by atoms with Crippen molar-refractivity contribution in [2.45, 2.75) is 50.2 Å². The summed E-state index contributed by atoms with van der Waals surface area (Å²) in [5.41, 5.74) is 10.9. The zero-order chi connectivity index (χ0) is 23.6. The van der Waals surface area contributed by atoms with Gasteiger partial charge in [-0.1, -0.05) is 0 Å². The molecule has 0 fully saturated rings. The van der Waals surface area contributed by atoms with Gasteiger partial charge in [-0.25, -0.2) is 0 Å². The molecule has 0 atom stereocenters. The normalized spacial score (nSPS) is 11.0. The molecule has 4 aromatic carbocycles. The number of benzene rings is 4. The second kappa shape index (κ2) is 13.1. The van der Waals surface area contributed by atoms with E-state index in [0.717, 1.165) is 26.3 Å². The van der Waals surface area contributed by atoms with Crippen molar-refractivity contribution < 1.29 is 0 Å². The molecular weight excluding hydrogens is 542 g/mol. The molecule has 0 bridgehead atoms. The molecule has 0 saturated carbocycles.